The first-order valence-corrected chi connectivity index (χ1v) is 11.5. The molecule has 1 aliphatic heterocycles. The molecular weight excluding hydrogens is 354 g/mol. The molecule has 1 saturated heterocycles. The third-order valence-electron chi connectivity index (χ3n) is 5.49. The van der Waals surface area contributed by atoms with Crippen molar-refractivity contribution in [1.82, 2.24) is 4.90 Å². The van der Waals surface area contributed by atoms with Gasteiger partial charge in [0, 0.05) is 30.4 Å². The van der Waals surface area contributed by atoms with E-state index in [2.05, 4.69) is 36.2 Å². The van der Waals surface area contributed by atoms with Gasteiger partial charge in [-0.3, -0.25) is 9.79 Å². The number of benzene rings is 1. The molecule has 1 unspecified atom stereocenters. The van der Waals surface area contributed by atoms with E-state index in [1.54, 1.807) is 0 Å². The smallest absolute Gasteiger partial charge is 0.226 e. The van der Waals surface area contributed by atoms with E-state index < -0.39 is 0 Å². The number of rotatable bonds is 7. The Hall–Kier alpha value is -1.49. The Morgan fingerprint density at radius 1 is 1.19 bits per heavy atom. The van der Waals surface area contributed by atoms with E-state index in [0.717, 1.165) is 30.8 Å². The highest BCUT2D eigenvalue weighted by molar-refractivity contribution is 8.14. The first-order valence-electron chi connectivity index (χ1n) is 10.6. The van der Waals surface area contributed by atoms with Gasteiger partial charge < -0.3 is 10.2 Å². The van der Waals surface area contributed by atoms with Crippen molar-refractivity contribution in [3.63, 3.8) is 0 Å². The van der Waals surface area contributed by atoms with Gasteiger partial charge in [0.05, 0.1) is 6.04 Å². The second kappa shape index (κ2) is 10.2. The zero-order valence-corrected chi connectivity index (χ0v) is 17.6. The summed E-state index contributed by atoms with van der Waals surface area (Å²) in [4.78, 5) is 20.0. The molecule has 5 heteroatoms. The van der Waals surface area contributed by atoms with Crippen LogP contribution in [-0.2, 0) is 11.2 Å². The molecule has 1 heterocycles. The second-order valence-corrected chi connectivity index (χ2v) is 8.65. The maximum Gasteiger partial charge on any atom is 0.226 e. The number of nitrogens with zero attached hydrogens (tertiary/aromatic N) is 2. The number of aliphatic imine (C=N–C) groups is 1. The summed E-state index contributed by atoms with van der Waals surface area (Å²) in [5.74, 6) is 1.07. The molecule has 3 rings (SSSR count). The molecule has 2 fully saturated rings. The minimum absolute atomic E-state index is 0.102. The number of amides is 1. The van der Waals surface area contributed by atoms with Crippen molar-refractivity contribution in [2.24, 2.45) is 4.99 Å². The molecular formula is C22H33N3OS. The fraction of sp³-hybridized carbons (Fsp3) is 0.636. The minimum atomic E-state index is 0.102. The number of carbonyl (C=O) groups is 1. The van der Waals surface area contributed by atoms with E-state index in [0.29, 0.717) is 12.5 Å². The summed E-state index contributed by atoms with van der Waals surface area (Å²) in [6.07, 6.45) is 9.06. The van der Waals surface area contributed by atoms with E-state index in [1.165, 1.54) is 42.8 Å². The molecule has 1 atom stereocenters. The lowest BCUT2D eigenvalue weighted by molar-refractivity contribution is -0.116. The van der Waals surface area contributed by atoms with Gasteiger partial charge in [0.1, 0.15) is 0 Å². The van der Waals surface area contributed by atoms with E-state index >= 15 is 0 Å². The standard InChI is InChI=1S/C22H33N3OS/c1-3-14-25-20(16-27-22(25)24-18-8-6-5-7-9-18)15-21(26)23-19-12-10-17(4-2)11-13-19/h10-13,18,20H,3-9,14-16H2,1-2H3,(H,23,26). The largest absolute Gasteiger partial charge is 0.347 e. The third-order valence-corrected chi connectivity index (χ3v) is 6.64. The second-order valence-electron chi connectivity index (χ2n) is 7.66. The van der Waals surface area contributed by atoms with E-state index in [1.807, 2.05) is 23.9 Å². The van der Waals surface area contributed by atoms with Crippen LogP contribution in [0.4, 0.5) is 5.69 Å². The maximum atomic E-state index is 12.6. The molecule has 0 radical (unpaired) electrons. The Labute approximate surface area is 168 Å². The number of aryl methyl sites for hydroxylation is 1. The highest BCUT2D eigenvalue weighted by Gasteiger charge is 2.32. The lowest BCUT2D eigenvalue weighted by Gasteiger charge is -2.27. The first-order chi connectivity index (χ1) is 13.2. The minimum Gasteiger partial charge on any atom is -0.347 e. The predicted molar refractivity (Wildman–Crippen MR) is 117 cm³/mol. The van der Waals surface area contributed by atoms with Crippen LogP contribution in [0.5, 0.6) is 0 Å². The molecule has 0 spiro atoms. The monoisotopic (exact) mass is 387 g/mol. The molecule has 1 aliphatic carbocycles. The summed E-state index contributed by atoms with van der Waals surface area (Å²) in [6, 6.07) is 8.91. The first kappa shape index (κ1) is 20.2. The van der Waals surface area contributed by atoms with Gasteiger partial charge in [-0.15, -0.1) is 0 Å². The number of anilines is 1. The van der Waals surface area contributed by atoms with Crippen molar-refractivity contribution in [3.05, 3.63) is 29.8 Å². The fourth-order valence-corrected chi connectivity index (χ4v) is 5.18. The quantitative estimate of drug-likeness (QED) is 0.708. The van der Waals surface area contributed by atoms with Crippen molar-refractivity contribution in [1.29, 1.82) is 0 Å². The molecule has 1 saturated carbocycles. The SMILES string of the molecule is CCCN1C(=NC2CCCCC2)SCC1CC(=O)Nc1ccc(CC)cc1. The van der Waals surface area contributed by atoms with Crippen molar-refractivity contribution >= 4 is 28.5 Å². The molecule has 0 aromatic heterocycles. The summed E-state index contributed by atoms with van der Waals surface area (Å²) >= 11 is 1.84. The molecule has 1 N–H and O–H groups in total. The highest BCUT2D eigenvalue weighted by atomic mass is 32.2. The molecule has 1 amide bonds. The normalized spacial score (nSPS) is 22.4. The van der Waals surface area contributed by atoms with Crippen LogP contribution < -0.4 is 5.32 Å². The van der Waals surface area contributed by atoms with Crippen LogP contribution >= 0.6 is 11.8 Å². The molecule has 2 aliphatic rings. The van der Waals surface area contributed by atoms with Crippen molar-refractivity contribution in [2.45, 2.75) is 77.3 Å². The maximum absolute atomic E-state index is 12.6. The fourth-order valence-electron chi connectivity index (χ4n) is 3.92. The Morgan fingerprint density at radius 3 is 2.59 bits per heavy atom. The Kier molecular flexibility index (Phi) is 7.62. The number of hydrogen-bond donors (Lipinski definition) is 1. The van der Waals surface area contributed by atoms with Crippen LogP contribution in [-0.4, -0.2) is 40.4 Å². The van der Waals surface area contributed by atoms with Gasteiger partial charge in [-0.05, 0) is 43.4 Å². The van der Waals surface area contributed by atoms with E-state index in [9.17, 15) is 4.79 Å². The zero-order chi connectivity index (χ0) is 19.1. The van der Waals surface area contributed by atoms with Crippen LogP contribution in [0.1, 0.15) is 64.4 Å². The van der Waals surface area contributed by atoms with Gasteiger partial charge in [-0.1, -0.05) is 57.0 Å². The highest BCUT2D eigenvalue weighted by Crippen LogP contribution is 2.29. The Bertz CT molecular complexity index is 637. The van der Waals surface area contributed by atoms with Gasteiger partial charge >= 0.3 is 0 Å². The van der Waals surface area contributed by atoms with Gasteiger partial charge in [0.2, 0.25) is 5.91 Å². The van der Waals surface area contributed by atoms with Crippen LogP contribution in [0.15, 0.2) is 29.3 Å². The average Bonchev–Trinajstić information content (AvgIpc) is 3.05. The van der Waals surface area contributed by atoms with Crippen molar-refractivity contribution in [3.8, 4) is 0 Å². The van der Waals surface area contributed by atoms with Crippen molar-refractivity contribution < 1.29 is 4.79 Å². The van der Waals surface area contributed by atoms with Crippen LogP contribution in [0.25, 0.3) is 0 Å². The number of hydrogen-bond acceptors (Lipinski definition) is 3. The van der Waals surface area contributed by atoms with Crippen LogP contribution in [0, 0.1) is 0 Å². The van der Waals surface area contributed by atoms with Crippen molar-refractivity contribution in [2.75, 3.05) is 17.6 Å². The molecule has 1 aromatic carbocycles. The van der Waals surface area contributed by atoms with Crippen LogP contribution in [0.3, 0.4) is 0 Å². The molecule has 27 heavy (non-hydrogen) atoms. The van der Waals surface area contributed by atoms with Gasteiger partial charge in [-0.25, -0.2) is 0 Å². The topological polar surface area (TPSA) is 44.7 Å². The Balaban J connectivity index is 1.59. The Morgan fingerprint density at radius 2 is 1.93 bits per heavy atom. The average molecular weight is 388 g/mol. The summed E-state index contributed by atoms with van der Waals surface area (Å²) in [7, 11) is 0. The molecule has 1 aromatic rings. The lowest BCUT2D eigenvalue weighted by Crippen LogP contribution is -2.37. The van der Waals surface area contributed by atoms with E-state index in [4.69, 9.17) is 4.99 Å². The number of carbonyl (C=O) groups excluding carboxylic acids is 1. The summed E-state index contributed by atoms with van der Waals surface area (Å²) in [5, 5.41) is 4.24. The van der Waals surface area contributed by atoms with Crippen LogP contribution in [0.2, 0.25) is 0 Å². The lowest BCUT2D eigenvalue weighted by atomic mass is 9.96. The van der Waals surface area contributed by atoms with Gasteiger partial charge in [0.15, 0.2) is 5.17 Å². The van der Waals surface area contributed by atoms with Gasteiger partial charge in [-0.2, -0.15) is 0 Å². The molecule has 4 nitrogen and oxygen atoms in total. The number of thioether (sulfide) groups is 1. The van der Waals surface area contributed by atoms with E-state index in [-0.39, 0.29) is 11.9 Å². The number of amidine groups is 1. The summed E-state index contributed by atoms with van der Waals surface area (Å²) in [6.45, 7) is 5.33. The summed E-state index contributed by atoms with van der Waals surface area (Å²) < 4.78 is 0. The predicted octanol–water partition coefficient (Wildman–Crippen LogP) is 5.09. The summed E-state index contributed by atoms with van der Waals surface area (Å²) in [5.41, 5.74) is 2.18. The third kappa shape index (κ3) is 5.74. The number of nitrogens with one attached hydrogen (secondary N) is 1. The zero-order valence-electron chi connectivity index (χ0n) is 16.7. The molecule has 148 valence electrons. The molecule has 0 bridgehead atoms. The van der Waals surface area contributed by atoms with Gasteiger partial charge in [0.25, 0.3) is 0 Å².